The molecule has 23 heavy (non-hydrogen) atoms. The van der Waals surface area contributed by atoms with Crippen molar-refractivity contribution in [3.63, 3.8) is 0 Å². The molecular weight excluding hydrogens is 330 g/mol. The van der Waals surface area contributed by atoms with Gasteiger partial charge in [-0.25, -0.2) is 4.68 Å². The second kappa shape index (κ2) is 5.60. The fourth-order valence-corrected chi connectivity index (χ4v) is 1.72. The first-order chi connectivity index (χ1) is 10.5. The maximum atomic E-state index is 12.8. The van der Waals surface area contributed by atoms with E-state index in [1.165, 1.54) is 0 Å². The Labute approximate surface area is 125 Å². The largest absolute Gasteiger partial charge is 0.416 e. The number of halogens is 6. The van der Waals surface area contributed by atoms with Crippen LogP contribution in [0.3, 0.4) is 0 Å². The number of benzene rings is 1. The third-order valence-corrected chi connectivity index (χ3v) is 2.65. The van der Waals surface area contributed by atoms with Crippen molar-refractivity contribution in [3.8, 4) is 11.6 Å². The Balaban J connectivity index is 2.53. The first-order valence-corrected chi connectivity index (χ1v) is 6.01. The van der Waals surface area contributed by atoms with Crippen LogP contribution < -0.4 is 4.74 Å². The van der Waals surface area contributed by atoms with Crippen LogP contribution >= 0.6 is 0 Å². The Hall–Kier alpha value is -2.52. The normalized spacial score (nSPS) is 12.3. The molecule has 0 atom stereocenters. The van der Waals surface area contributed by atoms with Crippen molar-refractivity contribution in [3.05, 3.63) is 41.6 Å². The first-order valence-electron chi connectivity index (χ1n) is 6.01. The van der Waals surface area contributed by atoms with Gasteiger partial charge in [-0.3, -0.25) is 4.79 Å². The van der Waals surface area contributed by atoms with E-state index in [4.69, 9.17) is 0 Å². The van der Waals surface area contributed by atoms with Crippen molar-refractivity contribution in [1.82, 2.24) is 9.78 Å². The summed E-state index contributed by atoms with van der Waals surface area (Å²) in [6.07, 6.45) is -8.84. The van der Waals surface area contributed by atoms with Gasteiger partial charge in [-0.2, -0.15) is 26.3 Å². The molecule has 124 valence electrons. The summed E-state index contributed by atoms with van der Waals surface area (Å²) in [5.41, 5.74) is -3.40. The van der Waals surface area contributed by atoms with Crippen molar-refractivity contribution >= 4 is 5.97 Å². The third-order valence-electron chi connectivity index (χ3n) is 2.65. The highest BCUT2D eigenvalue weighted by Crippen LogP contribution is 2.37. The summed E-state index contributed by atoms with van der Waals surface area (Å²) in [6.45, 7) is 1.07. The number of ether oxygens (including phenoxy) is 1. The van der Waals surface area contributed by atoms with Gasteiger partial charge in [-0.05, 0) is 18.2 Å². The summed E-state index contributed by atoms with van der Waals surface area (Å²) in [7, 11) is 0. The quantitative estimate of drug-likeness (QED) is 0.617. The molecule has 0 saturated heterocycles. The molecule has 1 heterocycles. The Morgan fingerprint density at radius 1 is 1.04 bits per heavy atom. The zero-order valence-corrected chi connectivity index (χ0v) is 11.4. The summed E-state index contributed by atoms with van der Waals surface area (Å²) in [5, 5.41) is 3.61. The van der Waals surface area contributed by atoms with E-state index in [1.807, 2.05) is 0 Å². The van der Waals surface area contributed by atoms with Gasteiger partial charge < -0.3 is 4.74 Å². The first kappa shape index (κ1) is 16.8. The molecule has 4 nitrogen and oxygen atoms in total. The van der Waals surface area contributed by atoms with Crippen molar-refractivity contribution < 1.29 is 35.9 Å². The van der Waals surface area contributed by atoms with Gasteiger partial charge in [0.1, 0.15) is 0 Å². The molecule has 0 aliphatic heterocycles. The molecule has 0 saturated carbocycles. The smallest absolute Gasteiger partial charge is 0.406 e. The minimum absolute atomic E-state index is 0.0139. The van der Waals surface area contributed by atoms with E-state index < -0.39 is 35.1 Å². The molecule has 0 spiro atoms. The minimum atomic E-state index is -4.96. The molecule has 2 aromatic rings. The van der Waals surface area contributed by atoms with Gasteiger partial charge in [-0.15, -0.1) is 5.10 Å². The number of nitrogens with zero attached hydrogens (tertiary/aromatic N) is 2. The third kappa shape index (κ3) is 4.02. The van der Waals surface area contributed by atoms with Crippen LogP contribution in [0, 0.1) is 0 Å². The molecule has 1 aromatic heterocycles. The summed E-state index contributed by atoms with van der Waals surface area (Å²) in [4.78, 5) is 10.8. The van der Waals surface area contributed by atoms with E-state index in [-0.39, 0.29) is 11.9 Å². The Morgan fingerprint density at radius 3 is 2.00 bits per heavy atom. The predicted molar refractivity (Wildman–Crippen MR) is 64.9 cm³/mol. The molecule has 0 unspecified atom stereocenters. The zero-order valence-electron chi connectivity index (χ0n) is 11.4. The molecule has 0 fully saturated rings. The van der Waals surface area contributed by atoms with Crippen LogP contribution in [0.1, 0.15) is 18.1 Å². The second-order valence-electron chi connectivity index (χ2n) is 4.46. The van der Waals surface area contributed by atoms with E-state index in [9.17, 15) is 31.1 Å². The zero-order chi connectivity index (χ0) is 17.4. The molecule has 1 aromatic carbocycles. The Kier molecular flexibility index (Phi) is 4.10. The highest BCUT2D eigenvalue weighted by Gasteiger charge is 2.37. The lowest BCUT2D eigenvalue weighted by molar-refractivity contribution is -0.143. The molecular formula is C13H8F6N2O2. The molecule has 0 aliphatic carbocycles. The molecule has 0 amide bonds. The topological polar surface area (TPSA) is 44.1 Å². The fraction of sp³-hybridized carbons (Fsp3) is 0.231. The van der Waals surface area contributed by atoms with Crippen molar-refractivity contribution in [2.75, 3.05) is 0 Å². The van der Waals surface area contributed by atoms with E-state index in [0.29, 0.717) is 12.1 Å². The monoisotopic (exact) mass is 338 g/mol. The second-order valence-corrected chi connectivity index (χ2v) is 4.46. The van der Waals surface area contributed by atoms with Gasteiger partial charge in [0.25, 0.3) is 0 Å². The minimum Gasteiger partial charge on any atom is -0.406 e. The maximum Gasteiger partial charge on any atom is 0.416 e. The van der Waals surface area contributed by atoms with Crippen LogP contribution in [0.4, 0.5) is 26.3 Å². The lowest BCUT2D eigenvalue weighted by Crippen LogP contribution is -2.12. The van der Waals surface area contributed by atoms with Crippen LogP contribution in [0.25, 0.3) is 5.69 Å². The Morgan fingerprint density at radius 2 is 1.57 bits per heavy atom. The van der Waals surface area contributed by atoms with Gasteiger partial charge >= 0.3 is 18.3 Å². The van der Waals surface area contributed by atoms with E-state index in [2.05, 4.69) is 9.84 Å². The molecule has 0 N–H and O–H groups in total. The lowest BCUT2D eigenvalue weighted by Gasteiger charge is -2.14. The summed E-state index contributed by atoms with van der Waals surface area (Å²) >= 11 is 0. The van der Waals surface area contributed by atoms with E-state index >= 15 is 0 Å². The van der Waals surface area contributed by atoms with Gasteiger partial charge in [0, 0.05) is 19.2 Å². The van der Waals surface area contributed by atoms with Crippen molar-refractivity contribution in [2.24, 2.45) is 0 Å². The van der Waals surface area contributed by atoms with Gasteiger partial charge in [0.15, 0.2) is 0 Å². The average Bonchev–Trinajstić information content (AvgIpc) is 2.83. The summed E-state index contributed by atoms with van der Waals surface area (Å²) in [5.74, 6) is -0.973. The van der Waals surface area contributed by atoms with Gasteiger partial charge in [0.2, 0.25) is 5.88 Å². The highest BCUT2D eigenvalue weighted by atomic mass is 19.4. The predicted octanol–water partition coefficient (Wildman–Crippen LogP) is 3.84. The average molecular weight is 338 g/mol. The molecule has 10 heteroatoms. The molecule has 2 rings (SSSR count). The number of aromatic nitrogens is 2. The SMILES string of the molecule is CC(=O)Oc1ccn(-c2cc(C(F)(F)F)cc(C(F)(F)F)c2)n1. The highest BCUT2D eigenvalue weighted by molar-refractivity contribution is 5.68. The maximum absolute atomic E-state index is 12.8. The number of carbonyl (C=O) groups excluding carboxylic acids is 1. The van der Waals surface area contributed by atoms with Crippen LogP contribution in [-0.4, -0.2) is 15.7 Å². The number of alkyl halides is 6. The molecule has 0 aliphatic rings. The lowest BCUT2D eigenvalue weighted by atomic mass is 10.1. The summed E-state index contributed by atoms with van der Waals surface area (Å²) < 4.78 is 81.9. The van der Waals surface area contributed by atoms with Crippen molar-refractivity contribution in [1.29, 1.82) is 0 Å². The van der Waals surface area contributed by atoms with Gasteiger partial charge in [0.05, 0.1) is 16.8 Å². The molecule has 0 bridgehead atoms. The van der Waals surface area contributed by atoms with E-state index in [0.717, 1.165) is 23.9 Å². The fourth-order valence-electron chi connectivity index (χ4n) is 1.72. The number of rotatable bonds is 2. The Bertz CT molecular complexity index is 701. The van der Waals surface area contributed by atoms with Crippen LogP contribution in [-0.2, 0) is 17.1 Å². The number of hydrogen-bond donors (Lipinski definition) is 0. The van der Waals surface area contributed by atoms with Crippen LogP contribution in [0.15, 0.2) is 30.5 Å². The number of esters is 1. The summed E-state index contributed by atoms with van der Waals surface area (Å²) in [6, 6.07) is 2.18. The number of hydrogen-bond acceptors (Lipinski definition) is 3. The van der Waals surface area contributed by atoms with Crippen molar-refractivity contribution in [2.45, 2.75) is 19.3 Å². The number of carbonyl (C=O) groups is 1. The molecule has 0 radical (unpaired) electrons. The van der Waals surface area contributed by atoms with Crippen LogP contribution in [0.5, 0.6) is 5.88 Å². The standard InChI is InChI=1S/C13H8F6N2O2/c1-7(22)23-11-2-3-21(20-11)10-5-8(12(14,15)16)4-9(6-10)13(17,18)19/h2-6H,1H3. The van der Waals surface area contributed by atoms with Gasteiger partial charge in [-0.1, -0.05) is 0 Å². The van der Waals surface area contributed by atoms with Crippen LogP contribution in [0.2, 0.25) is 0 Å². The van der Waals surface area contributed by atoms with E-state index in [1.54, 1.807) is 0 Å².